The van der Waals surface area contributed by atoms with Gasteiger partial charge in [-0.15, -0.1) is 0 Å². The Morgan fingerprint density at radius 2 is 1.83 bits per heavy atom. The Morgan fingerprint density at radius 3 is 2.33 bits per heavy atom. The van der Waals surface area contributed by atoms with Gasteiger partial charge < -0.3 is 10.6 Å². The zero-order chi connectivity index (χ0) is 12.8. The number of rotatable bonds is 6. The van der Waals surface area contributed by atoms with Gasteiger partial charge in [0.05, 0.1) is 5.92 Å². The van der Waals surface area contributed by atoms with Crippen LogP contribution in [0.2, 0.25) is 0 Å². The molecule has 1 fully saturated rings. The van der Waals surface area contributed by atoms with Crippen molar-refractivity contribution in [2.45, 2.75) is 26.2 Å². The Balaban J connectivity index is 1.70. The smallest absolute Gasteiger partial charge is 0.225 e. The van der Waals surface area contributed by atoms with E-state index in [9.17, 15) is 4.79 Å². The Kier molecular flexibility index (Phi) is 4.76. The maximum absolute atomic E-state index is 11.6. The molecule has 1 aromatic rings. The molecule has 0 unspecified atom stereocenters. The van der Waals surface area contributed by atoms with E-state index in [1.54, 1.807) is 0 Å². The maximum Gasteiger partial charge on any atom is 0.225 e. The number of hydrogen-bond donors (Lipinski definition) is 2. The number of benzene rings is 1. The van der Waals surface area contributed by atoms with Crippen LogP contribution in [0.5, 0.6) is 0 Å². The molecule has 3 heteroatoms. The molecule has 1 aromatic carbocycles. The molecule has 0 aliphatic carbocycles. The molecule has 0 bridgehead atoms. The summed E-state index contributed by atoms with van der Waals surface area (Å²) < 4.78 is 0. The molecule has 3 nitrogen and oxygen atoms in total. The van der Waals surface area contributed by atoms with Crippen molar-refractivity contribution in [3.8, 4) is 0 Å². The largest absolute Gasteiger partial charge is 0.355 e. The van der Waals surface area contributed by atoms with E-state index in [1.807, 2.05) is 0 Å². The molecule has 0 atom stereocenters. The van der Waals surface area contributed by atoms with Crippen LogP contribution in [0.1, 0.15) is 24.5 Å². The summed E-state index contributed by atoms with van der Waals surface area (Å²) in [6, 6.07) is 8.72. The lowest BCUT2D eigenvalue weighted by Gasteiger charge is -2.25. The van der Waals surface area contributed by atoms with E-state index < -0.39 is 0 Å². The van der Waals surface area contributed by atoms with Gasteiger partial charge in [0.2, 0.25) is 5.91 Å². The van der Waals surface area contributed by atoms with Crippen molar-refractivity contribution in [2.75, 3.05) is 19.6 Å². The Hall–Kier alpha value is -1.35. The van der Waals surface area contributed by atoms with Crippen LogP contribution in [0, 0.1) is 5.92 Å². The summed E-state index contributed by atoms with van der Waals surface area (Å²) in [7, 11) is 0. The van der Waals surface area contributed by atoms with E-state index in [0.717, 1.165) is 32.5 Å². The van der Waals surface area contributed by atoms with Gasteiger partial charge in [-0.05, 0) is 24.0 Å². The van der Waals surface area contributed by atoms with Crippen molar-refractivity contribution in [2.24, 2.45) is 5.92 Å². The lowest BCUT2D eigenvalue weighted by molar-refractivity contribution is -0.126. The van der Waals surface area contributed by atoms with E-state index in [2.05, 4.69) is 41.8 Å². The second-order valence-electron chi connectivity index (χ2n) is 4.96. The molecule has 0 spiro atoms. The first-order valence-electron chi connectivity index (χ1n) is 6.86. The summed E-state index contributed by atoms with van der Waals surface area (Å²) in [5.41, 5.74) is 2.69. The fraction of sp³-hybridized carbons (Fsp3) is 0.533. The molecule has 98 valence electrons. The fourth-order valence-electron chi connectivity index (χ4n) is 2.11. The first-order valence-corrected chi connectivity index (χ1v) is 6.86. The number of aryl methyl sites for hydroxylation is 1. The minimum absolute atomic E-state index is 0.191. The van der Waals surface area contributed by atoms with E-state index >= 15 is 0 Å². The van der Waals surface area contributed by atoms with Crippen LogP contribution in [-0.2, 0) is 17.6 Å². The predicted molar refractivity (Wildman–Crippen MR) is 73.5 cm³/mol. The molecule has 0 radical (unpaired) electrons. The second-order valence-corrected chi connectivity index (χ2v) is 4.96. The summed E-state index contributed by atoms with van der Waals surface area (Å²) in [5, 5.41) is 6.10. The van der Waals surface area contributed by atoms with Gasteiger partial charge in [0.1, 0.15) is 0 Å². The van der Waals surface area contributed by atoms with Crippen LogP contribution in [0.4, 0.5) is 0 Å². The Morgan fingerprint density at radius 1 is 1.22 bits per heavy atom. The van der Waals surface area contributed by atoms with Crippen molar-refractivity contribution in [1.29, 1.82) is 0 Å². The molecule has 1 amide bonds. The number of amides is 1. The van der Waals surface area contributed by atoms with Crippen LogP contribution in [0.25, 0.3) is 0 Å². The molecule has 1 aliphatic rings. The quantitative estimate of drug-likeness (QED) is 0.799. The van der Waals surface area contributed by atoms with Gasteiger partial charge in [0, 0.05) is 19.6 Å². The van der Waals surface area contributed by atoms with E-state index in [-0.39, 0.29) is 11.8 Å². The van der Waals surface area contributed by atoms with Gasteiger partial charge in [0.15, 0.2) is 0 Å². The molecule has 18 heavy (non-hydrogen) atoms. The van der Waals surface area contributed by atoms with Crippen molar-refractivity contribution >= 4 is 5.91 Å². The van der Waals surface area contributed by atoms with Crippen molar-refractivity contribution in [3.05, 3.63) is 35.4 Å². The zero-order valence-corrected chi connectivity index (χ0v) is 11.0. The van der Waals surface area contributed by atoms with Crippen LogP contribution in [0.3, 0.4) is 0 Å². The molecule has 0 saturated carbocycles. The number of nitrogens with one attached hydrogen (secondary N) is 2. The Labute approximate surface area is 109 Å². The van der Waals surface area contributed by atoms with Crippen LogP contribution >= 0.6 is 0 Å². The first kappa shape index (κ1) is 13.1. The molecular formula is C15H22N2O. The highest BCUT2D eigenvalue weighted by Crippen LogP contribution is 2.07. The zero-order valence-electron chi connectivity index (χ0n) is 11.0. The number of carbonyl (C=O) groups excluding carboxylic acids is 1. The highest BCUT2D eigenvalue weighted by Gasteiger charge is 2.23. The van der Waals surface area contributed by atoms with Gasteiger partial charge in [-0.1, -0.05) is 37.6 Å². The lowest BCUT2D eigenvalue weighted by atomic mass is 10.0. The average Bonchev–Trinajstić information content (AvgIpc) is 2.29. The molecule has 1 aliphatic heterocycles. The molecular weight excluding hydrogens is 224 g/mol. The van der Waals surface area contributed by atoms with Gasteiger partial charge in [-0.2, -0.15) is 0 Å². The van der Waals surface area contributed by atoms with E-state index in [1.165, 1.54) is 17.5 Å². The Bertz CT molecular complexity index is 382. The summed E-state index contributed by atoms with van der Waals surface area (Å²) in [4.78, 5) is 11.6. The number of hydrogen-bond acceptors (Lipinski definition) is 2. The van der Waals surface area contributed by atoms with Crippen LogP contribution < -0.4 is 10.6 Å². The second kappa shape index (κ2) is 6.55. The van der Waals surface area contributed by atoms with Crippen molar-refractivity contribution in [1.82, 2.24) is 10.6 Å². The van der Waals surface area contributed by atoms with Gasteiger partial charge >= 0.3 is 0 Å². The third-order valence-corrected chi connectivity index (χ3v) is 3.43. The van der Waals surface area contributed by atoms with E-state index in [4.69, 9.17) is 0 Å². The van der Waals surface area contributed by atoms with Gasteiger partial charge in [0.25, 0.3) is 0 Å². The lowest BCUT2D eigenvalue weighted by Crippen LogP contribution is -2.51. The highest BCUT2D eigenvalue weighted by atomic mass is 16.2. The average molecular weight is 246 g/mol. The molecule has 2 N–H and O–H groups in total. The van der Waals surface area contributed by atoms with Crippen molar-refractivity contribution < 1.29 is 4.79 Å². The predicted octanol–water partition coefficient (Wildman–Crippen LogP) is 1.52. The third kappa shape index (κ3) is 3.57. The van der Waals surface area contributed by atoms with Gasteiger partial charge in [-0.25, -0.2) is 0 Å². The topological polar surface area (TPSA) is 41.1 Å². The maximum atomic E-state index is 11.6. The first-order chi connectivity index (χ1) is 8.79. The molecule has 2 rings (SSSR count). The van der Waals surface area contributed by atoms with Crippen LogP contribution in [-0.4, -0.2) is 25.5 Å². The summed E-state index contributed by atoms with van der Waals surface area (Å²) >= 11 is 0. The monoisotopic (exact) mass is 246 g/mol. The number of carbonyl (C=O) groups is 1. The van der Waals surface area contributed by atoms with Crippen molar-refractivity contribution in [3.63, 3.8) is 0 Å². The summed E-state index contributed by atoms with van der Waals surface area (Å²) in [6.45, 7) is 4.59. The minimum Gasteiger partial charge on any atom is -0.355 e. The van der Waals surface area contributed by atoms with Gasteiger partial charge in [-0.3, -0.25) is 4.79 Å². The summed E-state index contributed by atoms with van der Waals surface area (Å²) in [5.74, 6) is 0.383. The molecule has 0 aromatic heterocycles. The molecule has 1 heterocycles. The normalized spacial score (nSPS) is 15.2. The highest BCUT2D eigenvalue weighted by molar-refractivity contribution is 5.79. The SMILES string of the molecule is CCCc1ccc(CCNC(=O)C2CNC2)cc1. The fourth-order valence-corrected chi connectivity index (χ4v) is 2.11. The molecule has 1 saturated heterocycles. The summed E-state index contributed by atoms with van der Waals surface area (Å²) in [6.07, 6.45) is 3.24. The third-order valence-electron chi connectivity index (χ3n) is 3.43. The minimum atomic E-state index is 0.191. The standard InChI is InChI=1S/C15H22N2O/c1-2-3-12-4-6-13(7-5-12)8-9-17-15(18)14-10-16-11-14/h4-7,14,16H,2-3,8-11H2,1H3,(H,17,18). The van der Waals surface area contributed by atoms with Crippen LogP contribution in [0.15, 0.2) is 24.3 Å². The van der Waals surface area contributed by atoms with E-state index in [0.29, 0.717) is 0 Å².